The molecule has 0 fully saturated rings. The summed E-state index contributed by atoms with van der Waals surface area (Å²) in [5.74, 6) is -1.95. The van der Waals surface area contributed by atoms with Gasteiger partial charge in [-0.1, -0.05) is 25.4 Å². The average molecular weight is 467 g/mol. The number of carbonyl (C=O) groups is 2. The minimum atomic E-state index is -1.05. The van der Waals surface area contributed by atoms with Gasteiger partial charge in [0.25, 0.3) is 11.6 Å². The van der Waals surface area contributed by atoms with Gasteiger partial charge in [0.2, 0.25) is 0 Å². The molecule has 0 aliphatic carbocycles. The van der Waals surface area contributed by atoms with Gasteiger partial charge < -0.3 is 19.5 Å². The Morgan fingerprint density at radius 2 is 2.06 bits per heavy atom. The third kappa shape index (κ3) is 5.32. The molecule has 0 radical (unpaired) electrons. The number of rotatable bonds is 7. The summed E-state index contributed by atoms with van der Waals surface area (Å²) < 4.78 is 29.7. The number of esters is 1. The van der Waals surface area contributed by atoms with E-state index in [9.17, 15) is 24.1 Å². The van der Waals surface area contributed by atoms with Crippen molar-refractivity contribution in [3.8, 4) is 5.75 Å². The van der Waals surface area contributed by atoms with Crippen molar-refractivity contribution in [2.75, 3.05) is 6.79 Å². The molecule has 1 aliphatic heterocycles. The molecule has 0 unspecified atom stereocenters. The summed E-state index contributed by atoms with van der Waals surface area (Å²) in [6, 6.07) is 5.00. The number of halogens is 2. The van der Waals surface area contributed by atoms with Crippen LogP contribution >= 0.6 is 11.6 Å². The summed E-state index contributed by atoms with van der Waals surface area (Å²) in [4.78, 5) is 35.6. The van der Waals surface area contributed by atoms with Crippen LogP contribution in [0.4, 0.5) is 10.1 Å². The van der Waals surface area contributed by atoms with E-state index in [0.717, 1.165) is 6.07 Å². The van der Waals surface area contributed by atoms with Crippen LogP contribution in [0.25, 0.3) is 0 Å². The second-order valence-corrected chi connectivity index (χ2v) is 7.80. The molecule has 0 aromatic heterocycles. The quantitative estimate of drug-likeness (QED) is 0.375. The Morgan fingerprint density at radius 1 is 1.31 bits per heavy atom. The smallest absolute Gasteiger partial charge is 0.329 e. The van der Waals surface area contributed by atoms with Gasteiger partial charge in [-0.25, -0.2) is 9.18 Å². The van der Waals surface area contributed by atoms with Crippen molar-refractivity contribution in [3.63, 3.8) is 0 Å². The van der Waals surface area contributed by atoms with Crippen LogP contribution in [0.3, 0.4) is 0 Å². The molecule has 0 bridgehead atoms. The molecule has 170 valence electrons. The van der Waals surface area contributed by atoms with E-state index in [2.05, 4.69) is 5.32 Å². The van der Waals surface area contributed by atoms with Gasteiger partial charge in [-0.15, -0.1) is 0 Å². The Morgan fingerprint density at radius 3 is 2.75 bits per heavy atom. The molecular weight excluding hydrogens is 447 g/mol. The molecule has 1 aliphatic rings. The van der Waals surface area contributed by atoms with Crippen LogP contribution in [-0.4, -0.2) is 29.6 Å². The van der Waals surface area contributed by atoms with E-state index in [-0.39, 0.29) is 36.5 Å². The third-order valence-corrected chi connectivity index (χ3v) is 5.05. The number of hydrogen-bond donors (Lipinski definition) is 1. The van der Waals surface area contributed by atoms with Crippen molar-refractivity contribution in [1.82, 2.24) is 5.32 Å². The predicted molar refractivity (Wildman–Crippen MR) is 111 cm³/mol. The molecule has 0 saturated heterocycles. The minimum Gasteiger partial charge on any atom is -0.467 e. The van der Waals surface area contributed by atoms with Gasteiger partial charge in [-0.05, 0) is 30.2 Å². The summed E-state index contributed by atoms with van der Waals surface area (Å²) in [6.07, 6.45) is 0. The highest BCUT2D eigenvalue weighted by atomic mass is 35.5. The Hall–Kier alpha value is -3.24. The first-order valence-electron chi connectivity index (χ1n) is 9.60. The number of nitro benzene ring substituents is 1. The summed E-state index contributed by atoms with van der Waals surface area (Å²) in [5, 5.41) is 13.5. The summed E-state index contributed by atoms with van der Waals surface area (Å²) in [5.41, 5.74) is 0.370. The first-order chi connectivity index (χ1) is 15.2. The fourth-order valence-electron chi connectivity index (χ4n) is 3.12. The Bertz CT molecular complexity index is 1060. The molecule has 1 amide bonds. The van der Waals surface area contributed by atoms with Crippen molar-refractivity contribution in [2.45, 2.75) is 33.1 Å². The van der Waals surface area contributed by atoms with Crippen molar-refractivity contribution >= 4 is 29.2 Å². The molecule has 1 N–H and O–H groups in total. The van der Waals surface area contributed by atoms with E-state index in [1.165, 1.54) is 24.3 Å². The summed E-state index contributed by atoms with van der Waals surface area (Å²) in [7, 11) is 0. The lowest BCUT2D eigenvalue weighted by Crippen LogP contribution is -2.45. The van der Waals surface area contributed by atoms with Crippen LogP contribution in [-0.2, 0) is 27.5 Å². The number of nitro groups is 1. The maximum Gasteiger partial charge on any atom is 0.329 e. The standard InChI is InChI=1S/C21H20ClFN2O7/c1-11(2)18(24-20(26)12-3-4-16(22)17(7-12)25(28)29)21(27)31-9-14-6-15(23)5-13-8-30-10-32-19(13)14/h3-7,11,18H,8-10H2,1-2H3,(H,24,26)/t18-/m0/s1. The first-order valence-corrected chi connectivity index (χ1v) is 9.98. The average Bonchev–Trinajstić information content (AvgIpc) is 2.75. The van der Waals surface area contributed by atoms with E-state index in [4.69, 9.17) is 25.8 Å². The molecular formula is C21H20ClFN2O7. The van der Waals surface area contributed by atoms with Crippen molar-refractivity contribution in [3.05, 3.63) is 68.0 Å². The number of amides is 1. The monoisotopic (exact) mass is 466 g/mol. The topological polar surface area (TPSA) is 117 Å². The summed E-state index contributed by atoms with van der Waals surface area (Å²) in [6.45, 7) is 3.29. The molecule has 3 rings (SSSR count). The van der Waals surface area contributed by atoms with Crippen LogP contribution in [0.5, 0.6) is 5.75 Å². The second-order valence-electron chi connectivity index (χ2n) is 7.39. The zero-order valence-electron chi connectivity index (χ0n) is 17.2. The molecule has 32 heavy (non-hydrogen) atoms. The number of nitrogens with zero attached hydrogens (tertiary/aromatic N) is 1. The lowest BCUT2D eigenvalue weighted by atomic mass is 10.0. The number of hydrogen-bond acceptors (Lipinski definition) is 7. The van der Waals surface area contributed by atoms with Crippen molar-refractivity contribution < 1.29 is 33.1 Å². The third-order valence-electron chi connectivity index (χ3n) is 4.73. The van der Waals surface area contributed by atoms with Gasteiger partial charge in [0.1, 0.15) is 29.2 Å². The number of ether oxygens (including phenoxy) is 3. The van der Waals surface area contributed by atoms with Crippen LogP contribution in [0.15, 0.2) is 30.3 Å². The SMILES string of the molecule is CC(C)[C@H](NC(=O)c1ccc(Cl)c([N+](=O)[O-])c1)C(=O)OCc1cc(F)cc2c1OCOC2. The molecule has 1 heterocycles. The fourth-order valence-corrected chi connectivity index (χ4v) is 3.31. The van der Waals surface area contributed by atoms with E-state index < -0.39 is 34.3 Å². The zero-order valence-corrected chi connectivity index (χ0v) is 18.0. The molecule has 1 atom stereocenters. The summed E-state index contributed by atoms with van der Waals surface area (Å²) >= 11 is 5.77. The predicted octanol–water partition coefficient (Wildman–Crippen LogP) is 3.75. The lowest BCUT2D eigenvalue weighted by Gasteiger charge is -2.23. The first kappa shape index (κ1) is 23.4. The number of fused-ring (bicyclic) bond motifs is 1. The number of nitrogens with one attached hydrogen (secondary N) is 1. The van der Waals surface area contributed by atoms with Gasteiger partial charge in [0, 0.05) is 22.8 Å². The molecule has 9 nitrogen and oxygen atoms in total. The van der Waals surface area contributed by atoms with Gasteiger partial charge in [-0.3, -0.25) is 14.9 Å². The molecule has 2 aromatic carbocycles. The van der Waals surface area contributed by atoms with E-state index >= 15 is 0 Å². The van der Waals surface area contributed by atoms with Crippen LogP contribution < -0.4 is 10.1 Å². The van der Waals surface area contributed by atoms with E-state index in [1.54, 1.807) is 13.8 Å². The van der Waals surface area contributed by atoms with E-state index in [1.807, 2.05) is 0 Å². The zero-order chi connectivity index (χ0) is 23.4. The molecule has 11 heteroatoms. The number of carbonyl (C=O) groups excluding carboxylic acids is 2. The normalized spacial score (nSPS) is 13.7. The molecule has 2 aromatic rings. The maximum atomic E-state index is 13.9. The van der Waals surface area contributed by atoms with Crippen LogP contribution in [0.1, 0.15) is 35.3 Å². The molecule has 0 spiro atoms. The van der Waals surface area contributed by atoms with Gasteiger partial charge in [0.15, 0.2) is 6.79 Å². The van der Waals surface area contributed by atoms with Crippen LogP contribution in [0, 0.1) is 21.8 Å². The Kier molecular flexibility index (Phi) is 7.26. The van der Waals surface area contributed by atoms with Gasteiger partial charge in [-0.2, -0.15) is 0 Å². The lowest BCUT2D eigenvalue weighted by molar-refractivity contribution is -0.384. The van der Waals surface area contributed by atoms with Crippen LogP contribution in [0.2, 0.25) is 5.02 Å². The number of benzene rings is 2. The second kappa shape index (κ2) is 9.92. The highest BCUT2D eigenvalue weighted by molar-refractivity contribution is 6.32. The Balaban J connectivity index is 1.72. The minimum absolute atomic E-state index is 0.00250. The largest absolute Gasteiger partial charge is 0.467 e. The fraction of sp³-hybridized carbons (Fsp3) is 0.333. The van der Waals surface area contributed by atoms with Gasteiger partial charge >= 0.3 is 5.97 Å². The maximum absolute atomic E-state index is 13.9. The highest BCUT2D eigenvalue weighted by Gasteiger charge is 2.28. The highest BCUT2D eigenvalue weighted by Crippen LogP contribution is 2.30. The van der Waals surface area contributed by atoms with Gasteiger partial charge in [0.05, 0.1) is 11.5 Å². The van der Waals surface area contributed by atoms with E-state index in [0.29, 0.717) is 16.9 Å². The Labute approximate surface area is 187 Å². The van der Waals surface area contributed by atoms with Crippen molar-refractivity contribution in [2.24, 2.45) is 5.92 Å². The van der Waals surface area contributed by atoms with Crippen molar-refractivity contribution in [1.29, 1.82) is 0 Å². The molecule has 0 saturated carbocycles.